The van der Waals surface area contributed by atoms with E-state index in [2.05, 4.69) is 5.32 Å². The minimum absolute atomic E-state index is 0.0642. The molecule has 1 aliphatic rings. The third-order valence-corrected chi connectivity index (χ3v) is 6.14. The van der Waals surface area contributed by atoms with Crippen LogP contribution in [-0.4, -0.2) is 37.2 Å². The van der Waals surface area contributed by atoms with Crippen molar-refractivity contribution in [2.75, 3.05) is 19.0 Å². The van der Waals surface area contributed by atoms with Gasteiger partial charge in [-0.3, -0.25) is 14.4 Å². The van der Waals surface area contributed by atoms with Gasteiger partial charge in [0.15, 0.2) is 18.2 Å². The van der Waals surface area contributed by atoms with Gasteiger partial charge in [-0.15, -0.1) is 0 Å². The number of ketones is 2. The Balaban J connectivity index is 1.52. The van der Waals surface area contributed by atoms with Crippen LogP contribution in [0.3, 0.4) is 0 Å². The minimum atomic E-state index is -0.915. The molecule has 0 bridgehead atoms. The van der Waals surface area contributed by atoms with Crippen LogP contribution in [0.1, 0.15) is 47.8 Å². The van der Waals surface area contributed by atoms with Gasteiger partial charge in [0.1, 0.15) is 5.75 Å². The number of carbonyl (C=O) groups is 4. The molecule has 9 heteroatoms. The maximum absolute atomic E-state index is 13.0. The van der Waals surface area contributed by atoms with Crippen LogP contribution in [-0.2, 0) is 9.53 Å². The van der Waals surface area contributed by atoms with E-state index in [1.807, 2.05) is 0 Å². The highest BCUT2D eigenvalue weighted by atomic mass is 35.5. The molecule has 1 aliphatic carbocycles. The van der Waals surface area contributed by atoms with Gasteiger partial charge >= 0.3 is 5.97 Å². The number of fused-ring (bicyclic) bond motifs is 2. The van der Waals surface area contributed by atoms with Crippen LogP contribution >= 0.6 is 23.2 Å². The third kappa shape index (κ3) is 4.16. The van der Waals surface area contributed by atoms with Crippen LogP contribution in [0.2, 0.25) is 10.0 Å². The van der Waals surface area contributed by atoms with Gasteiger partial charge in [0.2, 0.25) is 0 Å². The number of ether oxygens (including phenoxy) is 2. The average molecular weight is 498 g/mol. The quantitative estimate of drug-likeness (QED) is 0.394. The van der Waals surface area contributed by atoms with Crippen LogP contribution in [0.25, 0.3) is 0 Å². The molecule has 0 heterocycles. The van der Waals surface area contributed by atoms with E-state index < -0.39 is 24.3 Å². The molecule has 0 atom stereocenters. The second-order valence-electron chi connectivity index (χ2n) is 7.48. The highest BCUT2D eigenvalue weighted by Crippen LogP contribution is 2.34. The lowest BCUT2D eigenvalue weighted by Crippen LogP contribution is -2.24. The van der Waals surface area contributed by atoms with Crippen molar-refractivity contribution in [3.05, 3.63) is 92.0 Å². The fourth-order valence-electron chi connectivity index (χ4n) is 3.63. The standard InChI is InChI=1S/C25H17Cl2NO6/c1-12-9-18(19(33-2)10-17(12)26)28-20(29)11-34-25(32)16-8-7-15-21(22(16)27)24(31)14-6-4-3-5-13(14)23(15)30/h3-10H,11H2,1-2H3,(H,28,29). The largest absolute Gasteiger partial charge is 0.495 e. The molecular weight excluding hydrogens is 481 g/mol. The summed E-state index contributed by atoms with van der Waals surface area (Å²) in [6.07, 6.45) is 0. The van der Waals surface area contributed by atoms with Crippen LogP contribution in [0.5, 0.6) is 5.75 Å². The summed E-state index contributed by atoms with van der Waals surface area (Å²) < 4.78 is 10.3. The number of aryl methyl sites for hydroxylation is 1. The van der Waals surface area contributed by atoms with Gasteiger partial charge in [-0.1, -0.05) is 47.5 Å². The zero-order valence-corrected chi connectivity index (χ0v) is 19.5. The lowest BCUT2D eigenvalue weighted by atomic mass is 9.83. The Kier molecular flexibility index (Phi) is 6.41. The molecule has 1 amide bonds. The first kappa shape index (κ1) is 23.5. The number of benzene rings is 3. The zero-order valence-electron chi connectivity index (χ0n) is 18.0. The molecule has 0 saturated heterocycles. The predicted molar refractivity (Wildman–Crippen MR) is 126 cm³/mol. The monoisotopic (exact) mass is 497 g/mol. The van der Waals surface area contributed by atoms with E-state index in [1.54, 1.807) is 37.3 Å². The van der Waals surface area contributed by atoms with E-state index in [9.17, 15) is 19.2 Å². The number of carbonyl (C=O) groups excluding carboxylic acids is 4. The molecule has 0 unspecified atom stereocenters. The molecule has 3 aromatic carbocycles. The maximum Gasteiger partial charge on any atom is 0.340 e. The summed E-state index contributed by atoms with van der Waals surface area (Å²) >= 11 is 12.4. The fraction of sp³-hybridized carbons (Fsp3) is 0.120. The number of halogens is 2. The number of amides is 1. The minimum Gasteiger partial charge on any atom is -0.495 e. The number of hydrogen-bond donors (Lipinski definition) is 1. The molecule has 3 aromatic rings. The van der Waals surface area contributed by atoms with E-state index >= 15 is 0 Å². The third-order valence-electron chi connectivity index (χ3n) is 5.34. The first-order valence-corrected chi connectivity index (χ1v) is 10.8. The fourth-order valence-corrected chi connectivity index (χ4v) is 4.11. The number of esters is 1. The SMILES string of the molecule is COc1cc(Cl)c(C)cc1NC(=O)COC(=O)c1ccc2c(c1Cl)C(=O)c1ccccc1C2=O. The Bertz CT molecular complexity index is 1380. The molecule has 1 N–H and O–H groups in total. The summed E-state index contributed by atoms with van der Waals surface area (Å²) in [6.45, 7) is 1.15. The zero-order chi connectivity index (χ0) is 24.6. The number of nitrogens with one attached hydrogen (secondary N) is 1. The normalized spacial score (nSPS) is 12.0. The second kappa shape index (κ2) is 9.29. The van der Waals surface area contributed by atoms with E-state index in [1.165, 1.54) is 25.3 Å². The highest BCUT2D eigenvalue weighted by molar-refractivity contribution is 6.41. The Morgan fingerprint density at radius 1 is 0.941 bits per heavy atom. The first-order valence-electron chi connectivity index (χ1n) is 10.0. The van der Waals surface area contributed by atoms with E-state index in [-0.39, 0.29) is 38.6 Å². The van der Waals surface area contributed by atoms with E-state index in [0.29, 0.717) is 16.5 Å². The first-order chi connectivity index (χ1) is 16.2. The predicted octanol–water partition coefficient (Wildman–Crippen LogP) is 4.88. The van der Waals surface area contributed by atoms with E-state index in [0.717, 1.165) is 5.56 Å². The van der Waals surface area contributed by atoms with Gasteiger partial charge in [0.25, 0.3) is 5.91 Å². The Hall–Kier alpha value is -3.68. The molecule has 4 rings (SSSR count). The Morgan fingerprint density at radius 2 is 1.62 bits per heavy atom. The molecule has 0 radical (unpaired) electrons. The summed E-state index contributed by atoms with van der Waals surface area (Å²) in [5, 5.41) is 2.86. The summed E-state index contributed by atoms with van der Waals surface area (Å²) in [6, 6.07) is 12.2. The lowest BCUT2D eigenvalue weighted by molar-refractivity contribution is -0.119. The van der Waals surface area contributed by atoms with Crippen molar-refractivity contribution in [2.24, 2.45) is 0 Å². The molecule has 172 valence electrons. The summed E-state index contributed by atoms with van der Waals surface area (Å²) in [4.78, 5) is 50.7. The van der Waals surface area contributed by atoms with Crippen molar-refractivity contribution in [3.63, 3.8) is 0 Å². The molecule has 0 saturated carbocycles. The molecule has 0 aromatic heterocycles. The van der Waals surface area contributed by atoms with Gasteiger partial charge in [0.05, 0.1) is 28.9 Å². The van der Waals surface area contributed by atoms with Crippen LogP contribution in [0.15, 0.2) is 48.5 Å². The Morgan fingerprint density at radius 3 is 2.29 bits per heavy atom. The van der Waals surface area contributed by atoms with Crippen LogP contribution in [0, 0.1) is 6.92 Å². The lowest BCUT2D eigenvalue weighted by Gasteiger charge is -2.19. The molecule has 7 nitrogen and oxygen atoms in total. The number of hydrogen-bond acceptors (Lipinski definition) is 6. The van der Waals surface area contributed by atoms with Crippen molar-refractivity contribution in [1.29, 1.82) is 0 Å². The number of rotatable bonds is 5. The van der Waals surface area contributed by atoms with Crippen molar-refractivity contribution in [1.82, 2.24) is 0 Å². The van der Waals surface area contributed by atoms with Crippen LogP contribution in [0.4, 0.5) is 5.69 Å². The average Bonchev–Trinajstić information content (AvgIpc) is 2.83. The topological polar surface area (TPSA) is 98.8 Å². The molecule has 0 fully saturated rings. The van der Waals surface area contributed by atoms with Crippen LogP contribution < -0.4 is 10.1 Å². The molecule has 0 spiro atoms. The van der Waals surface area contributed by atoms with Gasteiger partial charge in [0, 0.05) is 27.8 Å². The summed E-state index contributed by atoms with van der Waals surface area (Å²) in [5.74, 6) is -2.02. The van der Waals surface area contributed by atoms with Gasteiger partial charge < -0.3 is 14.8 Å². The highest BCUT2D eigenvalue weighted by Gasteiger charge is 2.33. The molecular formula is C25H17Cl2NO6. The smallest absolute Gasteiger partial charge is 0.340 e. The van der Waals surface area contributed by atoms with Gasteiger partial charge in [-0.05, 0) is 30.7 Å². The maximum atomic E-state index is 13.0. The van der Waals surface area contributed by atoms with Crippen molar-refractivity contribution >= 4 is 52.3 Å². The van der Waals surface area contributed by atoms with Crippen molar-refractivity contribution in [2.45, 2.75) is 6.92 Å². The van der Waals surface area contributed by atoms with E-state index in [4.69, 9.17) is 32.7 Å². The number of anilines is 1. The van der Waals surface area contributed by atoms with Crippen molar-refractivity contribution in [3.8, 4) is 5.75 Å². The van der Waals surface area contributed by atoms with Crippen molar-refractivity contribution < 1.29 is 28.7 Å². The summed E-state index contributed by atoms with van der Waals surface area (Å²) in [5.41, 5.74) is 1.47. The Labute approximate surface area is 204 Å². The number of methoxy groups -OCH3 is 1. The summed E-state index contributed by atoms with van der Waals surface area (Å²) in [7, 11) is 1.43. The van der Waals surface area contributed by atoms with Gasteiger partial charge in [-0.25, -0.2) is 4.79 Å². The molecule has 34 heavy (non-hydrogen) atoms. The molecule has 0 aliphatic heterocycles. The second-order valence-corrected chi connectivity index (χ2v) is 8.26. The van der Waals surface area contributed by atoms with Gasteiger partial charge in [-0.2, -0.15) is 0 Å².